The Hall–Kier alpha value is -1.10. The highest BCUT2D eigenvalue weighted by Crippen LogP contribution is 2.18. The third-order valence-corrected chi connectivity index (χ3v) is 3.11. The average Bonchev–Trinajstić information content (AvgIpc) is 2.18. The van der Waals surface area contributed by atoms with E-state index >= 15 is 0 Å². The normalized spacial score (nSPS) is 12.6. The zero-order chi connectivity index (χ0) is 12.3. The number of carbonyl (C=O) groups is 1. The molecule has 2 N–H and O–H groups in total. The lowest BCUT2D eigenvalue weighted by Crippen LogP contribution is -2.34. The number of aliphatic carboxylic acids is 1. The maximum Gasteiger partial charge on any atom is 0.326 e. The van der Waals surface area contributed by atoms with E-state index in [4.69, 9.17) is 5.11 Å². The van der Waals surface area contributed by atoms with Crippen LogP contribution in [-0.4, -0.2) is 22.1 Å². The van der Waals surface area contributed by atoms with Crippen LogP contribution in [0.4, 0.5) is 5.82 Å². The van der Waals surface area contributed by atoms with E-state index in [-0.39, 0.29) is 5.92 Å². The molecule has 88 valence electrons. The second kappa shape index (κ2) is 5.30. The Kier molecular flexibility index (Phi) is 4.29. The number of halogens is 1. The van der Waals surface area contributed by atoms with Crippen molar-refractivity contribution in [3.8, 4) is 0 Å². The maximum absolute atomic E-state index is 11.0. The topological polar surface area (TPSA) is 62.2 Å². The lowest BCUT2D eigenvalue weighted by atomic mass is 10.0. The maximum atomic E-state index is 11.0. The number of carboxylic acids is 1. The molecule has 0 aliphatic rings. The van der Waals surface area contributed by atoms with E-state index in [0.29, 0.717) is 5.82 Å². The molecule has 0 aliphatic carbocycles. The molecule has 1 rings (SSSR count). The summed E-state index contributed by atoms with van der Waals surface area (Å²) >= 11 is 3.35. The fraction of sp³-hybridized carbons (Fsp3) is 0.455. The monoisotopic (exact) mass is 286 g/mol. The minimum atomic E-state index is -0.864. The van der Waals surface area contributed by atoms with Gasteiger partial charge in [0.15, 0.2) is 0 Å². The van der Waals surface area contributed by atoms with Crippen LogP contribution >= 0.6 is 15.9 Å². The molecule has 0 aromatic carbocycles. The quantitative estimate of drug-likeness (QED) is 0.893. The predicted octanol–water partition coefficient (Wildman–Crippen LogP) is 2.67. The molecule has 0 amide bonds. The fourth-order valence-corrected chi connectivity index (χ4v) is 1.51. The predicted molar refractivity (Wildman–Crippen MR) is 66.6 cm³/mol. The summed E-state index contributed by atoms with van der Waals surface area (Å²) in [4.78, 5) is 15.1. The largest absolute Gasteiger partial charge is 0.480 e. The van der Waals surface area contributed by atoms with E-state index in [2.05, 4.69) is 26.2 Å². The SMILES string of the molecule is Cc1cc(N[C@H](C(=O)O)C(C)C)ncc1Br. The van der Waals surface area contributed by atoms with Gasteiger partial charge in [0.05, 0.1) is 0 Å². The lowest BCUT2D eigenvalue weighted by Gasteiger charge is -2.18. The van der Waals surface area contributed by atoms with Crippen molar-refractivity contribution >= 4 is 27.7 Å². The Bertz CT molecular complexity index is 394. The van der Waals surface area contributed by atoms with E-state index in [1.165, 1.54) is 0 Å². The summed E-state index contributed by atoms with van der Waals surface area (Å²) in [6.07, 6.45) is 1.66. The van der Waals surface area contributed by atoms with Gasteiger partial charge in [-0.1, -0.05) is 13.8 Å². The van der Waals surface area contributed by atoms with E-state index in [0.717, 1.165) is 10.0 Å². The van der Waals surface area contributed by atoms with Crippen molar-refractivity contribution in [2.24, 2.45) is 5.92 Å². The van der Waals surface area contributed by atoms with Gasteiger partial charge in [0.25, 0.3) is 0 Å². The Morgan fingerprint density at radius 1 is 1.56 bits per heavy atom. The summed E-state index contributed by atoms with van der Waals surface area (Å²) in [6, 6.07) is 1.20. The van der Waals surface area contributed by atoms with Gasteiger partial charge in [0.1, 0.15) is 11.9 Å². The first-order valence-electron chi connectivity index (χ1n) is 5.03. The number of aromatic nitrogens is 1. The Labute approximate surface area is 103 Å². The Morgan fingerprint density at radius 3 is 2.62 bits per heavy atom. The number of anilines is 1. The molecular weight excluding hydrogens is 272 g/mol. The molecule has 0 bridgehead atoms. The fourth-order valence-electron chi connectivity index (χ4n) is 1.29. The standard InChI is InChI=1S/C11H15BrN2O2/c1-6(2)10(11(15)16)14-9-4-7(3)8(12)5-13-9/h4-6,10H,1-3H3,(H,13,14)(H,15,16)/t10-/m0/s1. The van der Waals surface area contributed by atoms with Crippen LogP contribution < -0.4 is 5.32 Å². The van der Waals surface area contributed by atoms with Crippen LogP contribution in [0.15, 0.2) is 16.7 Å². The number of nitrogens with zero attached hydrogens (tertiary/aromatic N) is 1. The molecule has 0 radical (unpaired) electrons. The summed E-state index contributed by atoms with van der Waals surface area (Å²) < 4.78 is 0.912. The molecule has 16 heavy (non-hydrogen) atoms. The number of hydrogen-bond donors (Lipinski definition) is 2. The molecule has 1 atom stereocenters. The van der Waals surface area contributed by atoms with Crippen LogP contribution in [0.2, 0.25) is 0 Å². The van der Waals surface area contributed by atoms with Gasteiger partial charge in [-0.3, -0.25) is 0 Å². The summed E-state index contributed by atoms with van der Waals surface area (Å²) in [6.45, 7) is 5.65. The smallest absolute Gasteiger partial charge is 0.326 e. The molecule has 0 saturated carbocycles. The molecule has 0 aliphatic heterocycles. The number of nitrogens with one attached hydrogen (secondary N) is 1. The second-order valence-electron chi connectivity index (χ2n) is 4.02. The minimum absolute atomic E-state index is 0.00301. The highest BCUT2D eigenvalue weighted by molar-refractivity contribution is 9.10. The summed E-state index contributed by atoms with van der Waals surface area (Å²) in [7, 11) is 0. The highest BCUT2D eigenvalue weighted by Gasteiger charge is 2.21. The van der Waals surface area contributed by atoms with Crippen molar-refractivity contribution in [1.82, 2.24) is 4.98 Å². The number of rotatable bonds is 4. The van der Waals surface area contributed by atoms with E-state index in [9.17, 15) is 4.79 Å². The van der Waals surface area contributed by atoms with Gasteiger partial charge in [-0.15, -0.1) is 0 Å². The van der Waals surface area contributed by atoms with Crippen LogP contribution in [0, 0.1) is 12.8 Å². The molecule has 5 heteroatoms. The first-order chi connectivity index (χ1) is 7.41. The number of carboxylic acid groups (broad SMARTS) is 1. The number of pyridine rings is 1. The molecule has 1 heterocycles. The summed E-state index contributed by atoms with van der Waals surface area (Å²) in [5, 5.41) is 11.9. The molecular formula is C11H15BrN2O2. The van der Waals surface area contributed by atoms with Crippen LogP contribution in [0.5, 0.6) is 0 Å². The zero-order valence-electron chi connectivity index (χ0n) is 9.49. The van der Waals surface area contributed by atoms with Gasteiger partial charge < -0.3 is 10.4 Å². The highest BCUT2D eigenvalue weighted by atomic mass is 79.9. The van der Waals surface area contributed by atoms with E-state index < -0.39 is 12.0 Å². The third-order valence-electron chi connectivity index (χ3n) is 2.28. The van der Waals surface area contributed by atoms with Crippen molar-refractivity contribution in [2.75, 3.05) is 5.32 Å². The van der Waals surface area contributed by atoms with Crippen LogP contribution in [-0.2, 0) is 4.79 Å². The van der Waals surface area contributed by atoms with Crippen LogP contribution in [0.3, 0.4) is 0 Å². The van der Waals surface area contributed by atoms with Gasteiger partial charge in [-0.2, -0.15) is 0 Å². The van der Waals surface area contributed by atoms with Crippen molar-refractivity contribution in [3.05, 3.63) is 22.3 Å². The van der Waals surface area contributed by atoms with Gasteiger partial charge >= 0.3 is 5.97 Å². The molecule has 1 aromatic rings. The summed E-state index contributed by atoms with van der Waals surface area (Å²) in [5.74, 6) is -0.276. The molecule has 0 spiro atoms. The van der Waals surface area contributed by atoms with Gasteiger partial charge in [0.2, 0.25) is 0 Å². The van der Waals surface area contributed by atoms with Crippen LogP contribution in [0.1, 0.15) is 19.4 Å². The van der Waals surface area contributed by atoms with Crippen molar-refractivity contribution in [2.45, 2.75) is 26.8 Å². The molecule has 0 unspecified atom stereocenters. The molecule has 4 nitrogen and oxygen atoms in total. The number of hydrogen-bond acceptors (Lipinski definition) is 3. The first kappa shape index (κ1) is 13.0. The third kappa shape index (κ3) is 3.20. The lowest BCUT2D eigenvalue weighted by molar-refractivity contribution is -0.138. The van der Waals surface area contributed by atoms with Crippen molar-refractivity contribution < 1.29 is 9.90 Å². The minimum Gasteiger partial charge on any atom is -0.480 e. The summed E-state index contributed by atoms with van der Waals surface area (Å²) in [5.41, 5.74) is 1.02. The van der Waals surface area contributed by atoms with Crippen LogP contribution in [0.25, 0.3) is 0 Å². The average molecular weight is 287 g/mol. The van der Waals surface area contributed by atoms with Crippen molar-refractivity contribution in [1.29, 1.82) is 0 Å². The molecule has 0 fully saturated rings. The van der Waals surface area contributed by atoms with E-state index in [1.54, 1.807) is 6.20 Å². The van der Waals surface area contributed by atoms with Gasteiger partial charge in [0, 0.05) is 10.7 Å². The zero-order valence-corrected chi connectivity index (χ0v) is 11.1. The molecule has 0 saturated heterocycles. The van der Waals surface area contributed by atoms with Gasteiger partial charge in [-0.25, -0.2) is 9.78 Å². The number of aryl methyl sites for hydroxylation is 1. The molecule has 1 aromatic heterocycles. The van der Waals surface area contributed by atoms with Gasteiger partial charge in [-0.05, 0) is 40.4 Å². The van der Waals surface area contributed by atoms with E-state index in [1.807, 2.05) is 26.8 Å². The second-order valence-corrected chi connectivity index (χ2v) is 4.88. The van der Waals surface area contributed by atoms with Crippen molar-refractivity contribution in [3.63, 3.8) is 0 Å². The Balaban J connectivity index is 2.86. The Morgan fingerprint density at radius 2 is 2.19 bits per heavy atom. The first-order valence-corrected chi connectivity index (χ1v) is 5.82.